The largest absolute Gasteiger partial charge is 0.504 e. The van der Waals surface area contributed by atoms with Crippen LogP contribution in [0.5, 0.6) is 11.5 Å². The highest BCUT2D eigenvalue weighted by atomic mass is 16.6. The average molecular weight is 468 g/mol. The van der Waals surface area contributed by atoms with Crippen molar-refractivity contribution < 1.29 is 19.4 Å². The lowest BCUT2D eigenvalue weighted by Crippen LogP contribution is -2.79. The molecule has 2 fully saturated rings. The second-order valence-corrected chi connectivity index (χ2v) is 11.0. The predicted molar refractivity (Wildman–Crippen MR) is 129 cm³/mol. The lowest BCUT2D eigenvalue weighted by atomic mass is 9.37. The molecule has 0 unspecified atom stereocenters. The molecule has 184 valence electrons. The standard InChI is InChI=1S/C27H37N3O4/c1-30-14-11-26-21-17-7-8-19(31)22(21)34-24(26)27(33-2)10-9-25(26,20(30)15-17)16-18(27)23(32)29-13-6-4-3-5-12-28/h7-10,18,20,24,31H,3-6,11-16,28H2,1-2H3,(H,29,32)/t18-,20-,24-,25-,26+,27-/m1/s1. The van der Waals surface area contributed by atoms with Crippen molar-refractivity contribution in [2.45, 2.75) is 68.1 Å². The SMILES string of the molecule is CO[C@]12C=C[C@@]3(C[C@@H]1C(=O)NCCCCCCN)[C@H]1Cc4ccc(O)c5c4[C@@]3(CCN1C)[C@H]2O5. The van der Waals surface area contributed by atoms with Gasteiger partial charge in [-0.2, -0.15) is 0 Å². The molecule has 7 heteroatoms. The lowest BCUT2D eigenvalue weighted by molar-refractivity contribution is -0.213. The highest BCUT2D eigenvalue weighted by Crippen LogP contribution is 2.74. The summed E-state index contributed by atoms with van der Waals surface area (Å²) in [6.07, 6.45) is 10.9. The Labute approximate surface area is 201 Å². The Morgan fingerprint density at radius 1 is 1.29 bits per heavy atom. The van der Waals surface area contributed by atoms with Crippen LogP contribution in [0, 0.1) is 11.3 Å². The number of rotatable bonds is 8. The molecule has 1 amide bonds. The van der Waals surface area contributed by atoms with Crippen molar-refractivity contribution in [2.24, 2.45) is 17.1 Å². The number of phenols is 1. The van der Waals surface area contributed by atoms with Crippen molar-refractivity contribution in [2.75, 3.05) is 33.8 Å². The molecule has 2 heterocycles. The van der Waals surface area contributed by atoms with E-state index < -0.39 is 5.60 Å². The number of nitrogens with two attached hydrogens (primary N) is 1. The monoisotopic (exact) mass is 467 g/mol. The number of ether oxygens (including phenoxy) is 2. The van der Waals surface area contributed by atoms with Crippen LogP contribution < -0.4 is 15.8 Å². The van der Waals surface area contributed by atoms with Crippen LogP contribution in [0.15, 0.2) is 24.3 Å². The first kappa shape index (κ1) is 22.4. The number of phenolic OH excluding ortho intramolecular Hbond substituents is 1. The molecule has 34 heavy (non-hydrogen) atoms. The maximum Gasteiger partial charge on any atom is 0.226 e. The van der Waals surface area contributed by atoms with Crippen LogP contribution in [-0.2, 0) is 21.4 Å². The number of fused-ring (bicyclic) bond motifs is 1. The summed E-state index contributed by atoms with van der Waals surface area (Å²) < 4.78 is 13.0. The van der Waals surface area contributed by atoms with Crippen molar-refractivity contribution in [3.05, 3.63) is 35.4 Å². The van der Waals surface area contributed by atoms with Gasteiger partial charge in [0.05, 0.1) is 11.3 Å². The summed E-state index contributed by atoms with van der Waals surface area (Å²) in [7, 11) is 3.91. The van der Waals surface area contributed by atoms with Crippen molar-refractivity contribution in [3.63, 3.8) is 0 Å². The Morgan fingerprint density at radius 3 is 2.91 bits per heavy atom. The van der Waals surface area contributed by atoms with Gasteiger partial charge in [-0.1, -0.05) is 31.1 Å². The molecule has 4 aliphatic carbocycles. The lowest BCUT2D eigenvalue weighted by Gasteiger charge is -2.70. The van der Waals surface area contributed by atoms with Gasteiger partial charge in [0, 0.05) is 30.7 Å². The Balaban J connectivity index is 1.39. The maximum atomic E-state index is 13.7. The van der Waals surface area contributed by atoms with E-state index in [1.165, 1.54) is 11.1 Å². The van der Waals surface area contributed by atoms with Gasteiger partial charge in [0.1, 0.15) is 11.7 Å². The van der Waals surface area contributed by atoms with Crippen LogP contribution in [0.25, 0.3) is 0 Å². The number of likely N-dealkylation sites (N-methyl/N-ethyl adjacent to an activating group) is 1. The molecule has 6 atom stereocenters. The first-order valence-electron chi connectivity index (χ1n) is 12.9. The normalized spacial score (nSPS) is 38.5. The Bertz CT molecular complexity index is 1040. The van der Waals surface area contributed by atoms with Crippen molar-refractivity contribution in [3.8, 4) is 11.5 Å². The second-order valence-electron chi connectivity index (χ2n) is 11.0. The van der Waals surface area contributed by atoms with E-state index in [-0.39, 0.29) is 40.6 Å². The number of nitrogens with one attached hydrogen (secondary N) is 1. The quantitative estimate of drug-likeness (QED) is 0.401. The van der Waals surface area contributed by atoms with Gasteiger partial charge in [-0.15, -0.1) is 0 Å². The second kappa shape index (κ2) is 7.70. The summed E-state index contributed by atoms with van der Waals surface area (Å²) in [5.74, 6) is 0.520. The third-order valence-electron chi connectivity index (χ3n) is 9.82. The van der Waals surface area contributed by atoms with Crippen molar-refractivity contribution in [1.29, 1.82) is 0 Å². The maximum absolute atomic E-state index is 13.7. The van der Waals surface area contributed by atoms with E-state index in [0.717, 1.165) is 58.0 Å². The van der Waals surface area contributed by atoms with Crippen LogP contribution in [0.4, 0.5) is 0 Å². The number of nitrogens with zero attached hydrogens (tertiary/aromatic N) is 1. The van der Waals surface area contributed by atoms with Gasteiger partial charge in [-0.25, -0.2) is 0 Å². The molecule has 0 aromatic heterocycles. The average Bonchev–Trinajstić information content (AvgIpc) is 3.22. The first-order chi connectivity index (χ1) is 16.4. The number of piperidine rings is 1. The van der Waals surface area contributed by atoms with Gasteiger partial charge >= 0.3 is 0 Å². The summed E-state index contributed by atoms with van der Waals surface area (Å²) in [6, 6.07) is 4.12. The Morgan fingerprint density at radius 2 is 2.12 bits per heavy atom. The minimum Gasteiger partial charge on any atom is -0.504 e. The molecule has 7 nitrogen and oxygen atoms in total. The molecule has 2 spiro atoms. The van der Waals surface area contributed by atoms with Gasteiger partial charge in [0.15, 0.2) is 11.5 Å². The zero-order chi connectivity index (χ0) is 23.7. The molecule has 6 aliphatic rings. The minimum absolute atomic E-state index is 0.0505. The van der Waals surface area contributed by atoms with E-state index >= 15 is 0 Å². The van der Waals surface area contributed by atoms with Crippen molar-refractivity contribution in [1.82, 2.24) is 10.2 Å². The fraction of sp³-hybridized carbons (Fsp3) is 0.667. The number of unbranched alkanes of at least 4 members (excludes halogenated alkanes) is 3. The van der Waals surface area contributed by atoms with Gasteiger partial charge in [0.2, 0.25) is 5.91 Å². The number of hydrogen-bond acceptors (Lipinski definition) is 6. The van der Waals surface area contributed by atoms with Crippen LogP contribution in [-0.4, -0.2) is 67.5 Å². The van der Waals surface area contributed by atoms with Gasteiger partial charge in [0.25, 0.3) is 0 Å². The number of methoxy groups -OCH3 is 1. The zero-order valence-corrected chi connectivity index (χ0v) is 20.3. The van der Waals surface area contributed by atoms with Gasteiger partial charge < -0.3 is 30.5 Å². The summed E-state index contributed by atoms with van der Waals surface area (Å²) in [6.45, 7) is 2.35. The van der Waals surface area contributed by atoms with E-state index in [4.69, 9.17) is 15.2 Å². The van der Waals surface area contributed by atoms with E-state index in [1.54, 1.807) is 13.2 Å². The van der Waals surface area contributed by atoms with E-state index in [2.05, 4.69) is 35.5 Å². The number of carbonyl (C=O) groups is 1. The molecule has 1 aromatic rings. The molecule has 7 rings (SSSR count). The molecular formula is C27H37N3O4. The molecule has 1 aromatic carbocycles. The topological polar surface area (TPSA) is 97.0 Å². The smallest absolute Gasteiger partial charge is 0.226 e. The number of hydrogen-bond donors (Lipinski definition) is 3. The summed E-state index contributed by atoms with van der Waals surface area (Å²) in [4.78, 5) is 16.1. The van der Waals surface area contributed by atoms with E-state index in [9.17, 15) is 9.90 Å². The third kappa shape index (κ3) is 2.56. The Kier molecular flexibility index (Phi) is 5.07. The van der Waals surface area contributed by atoms with Crippen LogP contribution in [0.1, 0.15) is 49.7 Å². The predicted octanol–water partition coefficient (Wildman–Crippen LogP) is 2.25. The van der Waals surface area contributed by atoms with E-state index in [0.29, 0.717) is 12.3 Å². The third-order valence-corrected chi connectivity index (χ3v) is 9.82. The number of carbonyl (C=O) groups excluding carboxylic acids is 1. The van der Waals surface area contributed by atoms with Gasteiger partial charge in [-0.3, -0.25) is 4.79 Å². The zero-order valence-electron chi connectivity index (χ0n) is 20.3. The van der Waals surface area contributed by atoms with Crippen LogP contribution in [0.2, 0.25) is 0 Å². The highest BCUT2D eigenvalue weighted by Gasteiger charge is 2.79. The number of aromatic hydroxyl groups is 1. The Hall–Kier alpha value is -2.09. The molecule has 1 saturated heterocycles. The first-order valence-corrected chi connectivity index (χ1v) is 12.9. The molecule has 0 radical (unpaired) electrons. The van der Waals surface area contributed by atoms with Crippen LogP contribution in [0.3, 0.4) is 0 Å². The summed E-state index contributed by atoms with van der Waals surface area (Å²) >= 11 is 0. The minimum atomic E-state index is -0.855. The highest BCUT2D eigenvalue weighted by molar-refractivity contribution is 5.82. The molecule has 4 bridgehead atoms. The molecular weight excluding hydrogens is 430 g/mol. The summed E-state index contributed by atoms with van der Waals surface area (Å²) in [5.41, 5.74) is 6.67. The molecule has 1 saturated carbocycles. The number of benzene rings is 1. The van der Waals surface area contributed by atoms with Gasteiger partial charge in [-0.05, 0) is 63.9 Å². The van der Waals surface area contributed by atoms with Crippen molar-refractivity contribution >= 4 is 5.91 Å². The molecule has 2 aliphatic heterocycles. The number of likely N-dealkylation sites (tertiary alicyclic amines) is 1. The summed E-state index contributed by atoms with van der Waals surface area (Å²) in [5, 5.41) is 14.0. The number of amides is 1. The fourth-order valence-corrected chi connectivity index (χ4v) is 8.31. The fourth-order valence-electron chi connectivity index (χ4n) is 8.31. The van der Waals surface area contributed by atoms with Crippen LogP contribution >= 0.6 is 0 Å². The molecule has 4 N–H and O–H groups in total. The van der Waals surface area contributed by atoms with E-state index in [1.807, 2.05) is 0 Å².